The first-order valence-electron chi connectivity index (χ1n) is 14.4. The molecule has 12 nitrogen and oxygen atoms in total. The molecule has 0 bridgehead atoms. The number of nitrogens with two attached hydrogens (primary N) is 1. The van der Waals surface area contributed by atoms with Gasteiger partial charge in [0.25, 0.3) is 0 Å². The number of aromatic hydroxyl groups is 1. The van der Waals surface area contributed by atoms with Gasteiger partial charge in [-0.05, 0) is 60.4 Å². The van der Waals surface area contributed by atoms with Crippen LogP contribution in [0.3, 0.4) is 0 Å². The molecule has 2 aromatic rings. The molecule has 240 valence electrons. The zero-order valence-electron chi connectivity index (χ0n) is 25.2. The van der Waals surface area contributed by atoms with Crippen molar-refractivity contribution in [2.75, 3.05) is 18.6 Å². The molecule has 44 heavy (non-hydrogen) atoms. The van der Waals surface area contributed by atoms with Crippen molar-refractivity contribution in [1.29, 1.82) is 0 Å². The number of carbonyl (C=O) groups excluding carboxylic acids is 4. The highest BCUT2D eigenvalue weighted by Gasteiger charge is 2.28. The Balaban J connectivity index is 2.04. The number of phenolic OH excluding ortho intramolecular Hbond substituents is 1. The Morgan fingerprint density at radius 2 is 1.41 bits per heavy atom. The largest absolute Gasteiger partial charge is 0.508 e. The average molecular weight is 630 g/mol. The van der Waals surface area contributed by atoms with Gasteiger partial charge < -0.3 is 37.2 Å². The minimum Gasteiger partial charge on any atom is -0.508 e. The van der Waals surface area contributed by atoms with Gasteiger partial charge >= 0.3 is 5.97 Å². The summed E-state index contributed by atoms with van der Waals surface area (Å²) in [5.41, 5.74) is 7.55. The van der Waals surface area contributed by atoms with Crippen LogP contribution in [0.5, 0.6) is 5.75 Å². The van der Waals surface area contributed by atoms with E-state index in [1.54, 1.807) is 36.4 Å². The summed E-state index contributed by atoms with van der Waals surface area (Å²) in [6.07, 6.45) is 2.63. The third kappa shape index (κ3) is 13.0. The Hall–Kier alpha value is -4.10. The quantitative estimate of drug-likeness (QED) is 0.125. The monoisotopic (exact) mass is 629 g/mol. The second-order valence-corrected chi connectivity index (χ2v) is 11.9. The van der Waals surface area contributed by atoms with Gasteiger partial charge in [0.1, 0.15) is 23.9 Å². The van der Waals surface area contributed by atoms with Crippen molar-refractivity contribution in [3.8, 4) is 5.75 Å². The molecule has 13 heteroatoms. The molecule has 2 rings (SSSR count). The van der Waals surface area contributed by atoms with Crippen LogP contribution < -0.4 is 27.0 Å². The van der Waals surface area contributed by atoms with Gasteiger partial charge in [0.15, 0.2) is 0 Å². The van der Waals surface area contributed by atoms with E-state index >= 15 is 0 Å². The number of carboxylic acid groups (broad SMARTS) is 1. The third-order valence-electron chi connectivity index (χ3n) is 6.65. The number of carboxylic acids is 1. The van der Waals surface area contributed by atoms with E-state index in [9.17, 15) is 34.2 Å². The molecule has 0 saturated carbocycles. The van der Waals surface area contributed by atoms with Crippen LogP contribution >= 0.6 is 11.8 Å². The summed E-state index contributed by atoms with van der Waals surface area (Å²) in [6.45, 7) is 3.29. The van der Waals surface area contributed by atoms with Gasteiger partial charge in [-0.25, -0.2) is 4.79 Å². The van der Waals surface area contributed by atoms with Crippen molar-refractivity contribution in [1.82, 2.24) is 21.3 Å². The second kappa shape index (κ2) is 18.5. The first kappa shape index (κ1) is 36.1. The summed E-state index contributed by atoms with van der Waals surface area (Å²) in [6, 6.07) is 11.1. The first-order valence-corrected chi connectivity index (χ1v) is 15.8. The predicted molar refractivity (Wildman–Crippen MR) is 169 cm³/mol. The highest BCUT2D eigenvalue weighted by Crippen LogP contribution is 2.12. The van der Waals surface area contributed by atoms with Crippen molar-refractivity contribution in [2.45, 2.75) is 63.7 Å². The van der Waals surface area contributed by atoms with Gasteiger partial charge in [0, 0.05) is 6.42 Å². The molecule has 8 N–H and O–H groups in total. The van der Waals surface area contributed by atoms with Crippen LogP contribution in [0.1, 0.15) is 37.8 Å². The van der Waals surface area contributed by atoms with E-state index in [1.165, 1.54) is 23.9 Å². The molecule has 0 fully saturated rings. The Kier molecular flexibility index (Phi) is 15.2. The van der Waals surface area contributed by atoms with Gasteiger partial charge in [-0.2, -0.15) is 11.8 Å². The lowest BCUT2D eigenvalue weighted by Crippen LogP contribution is -2.56. The van der Waals surface area contributed by atoms with E-state index in [1.807, 2.05) is 26.2 Å². The number of amides is 4. The Morgan fingerprint density at radius 1 is 0.795 bits per heavy atom. The van der Waals surface area contributed by atoms with E-state index in [4.69, 9.17) is 5.73 Å². The number of benzene rings is 2. The molecule has 0 aromatic heterocycles. The van der Waals surface area contributed by atoms with Crippen LogP contribution in [-0.4, -0.2) is 82.5 Å². The fraction of sp³-hybridized carbons (Fsp3) is 0.452. The highest BCUT2D eigenvalue weighted by molar-refractivity contribution is 7.98. The maximum atomic E-state index is 13.1. The number of hydrogen-bond donors (Lipinski definition) is 7. The Labute approximate surface area is 261 Å². The first-order chi connectivity index (χ1) is 20.9. The smallest absolute Gasteiger partial charge is 0.326 e. The lowest BCUT2D eigenvalue weighted by molar-refractivity contribution is -0.142. The van der Waals surface area contributed by atoms with Gasteiger partial charge in [-0.15, -0.1) is 0 Å². The van der Waals surface area contributed by atoms with Crippen molar-refractivity contribution in [2.24, 2.45) is 11.7 Å². The van der Waals surface area contributed by atoms with E-state index in [0.29, 0.717) is 5.75 Å². The second-order valence-electron chi connectivity index (χ2n) is 10.9. The summed E-state index contributed by atoms with van der Waals surface area (Å²) < 4.78 is 0. The number of hydrogen-bond acceptors (Lipinski definition) is 8. The summed E-state index contributed by atoms with van der Waals surface area (Å²) in [7, 11) is 0. The molecule has 0 aliphatic rings. The standard InChI is InChI=1S/C31H43N5O7S/c1-19(2)15-25(36-28(39)23(32)16-21-9-11-22(37)12-10-21)29(40)33-18-27(38)34-26(17-20-7-5-4-6-8-20)30(41)35-24(31(42)43)13-14-44-3/h4-12,19,23-26,37H,13-18,32H2,1-3H3,(H,33,40)(H,34,38)(H,35,41)(H,36,39)(H,42,43)/t23-,24-,25+,26-/m0/s1. The lowest BCUT2D eigenvalue weighted by Gasteiger charge is -2.23. The Morgan fingerprint density at radius 3 is 2.00 bits per heavy atom. The molecule has 4 amide bonds. The van der Waals surface area contributed by atoms with Crippen LogP contribution in [0.4, 0.5) is 0 Å². The van der Waals surface area contributed by atoms with Gasteiger partial charge in [-0.3, -0.25) is 19.2 Å². The number of carbonyl (C=O) groups is 5. The van der Waals surface area contributed by atoms with Crippen LogP contribution in [0.2, 0.25) is 0 Å². The van der Waals surface area contributed by atoms with Gasteiger partial charge in [-0.1, -0.05) is 56.3 Å². The highest BCUT2D eigenvalue weighted by atomic mass is 32.2. The fourth-order valence-electron chi connectivity index (χ4n) is 4.32. The summed E-state index contributed by atoms with van der Waals surface area (Å²) in [5, 5.41) is 29.3. The molecule has 4 atom stereocenters. The summed E-state index contributed by atoms with van der Waals surface area (Å²) in [5.74, 6) is -2.99. The number of nitrogens with one attached hydrogen (secondary N) is 4. The number of rotatable bonds is 18. The van der Waals surface area contributed by atoms with Crippen LogP contribution in [-0.2, 0) is 36.8 Å². The van der Waals surface area contributed by atoms with Crippen molar-refractivity contribution in [3.63, 3.8) is 0 Å². The normalized spacial score (nSPS) is 13.7. The summed E-state index contributed by atoms with van der Waals surface area (Å²) in [4.78, 5) is 63.5. The molecule has 0 spiro atoms. The average Bonchev–Trinajstić information content (AvgIpc) is 2.98. The van der Waals surface area contributed by atoms with Gasteiger partial charge in [0.05, 0.1) is 12.6 Å². The van der Waals surface area contributed by atoms with E-state index in [2.05, 4.69) is 21.3 Å². The third-order valence-corrected chi connectivity index (χ3v) is 7.30. The van der Waals surface area contributed by atoms with Gasteiger partial charge in [0.2, 0.25) is 23.6 Å². The maximum absolute atomic E-state index is 13.1. The molecule has 0 unspecified atom stereocenters. The zero-order chi connectivity index (χ0) is 32.6. The number of phenols is 1. The molecule has 2 aromatic carbocycles. The molecular weight excluding hydrogens is 586 g/mol. The molecule has 0 aliphatic heterocycles. The van der Waals surface area contributed by atoms with Crippen molar-refractivity contribution >= 4 is 41.4 Å². The SMILES string of the molecule is CSCC[C@H](NC(=O)[C@H](Cc1ccccc1)NC(=O)CNC(=O)[C@@H](CC(C)C)NC(=O)[C@@H](N)Cc1ccc(O)cc1)C(=O)O. The fourth-order valence-corrected chi connectivity index (χ4v) is 4.79. The lowest BCUT2D eigenvalue weighted by atomic mass is 10.0. The number of aliphatic carboxylic acids is 1. The minimum atomic E-state index is -1.18. The molecule has 0 heterocycles. The van der Waals surface area contributed by atoms with Crippen molar-refractivity contribution < 1.29 is 34.2 Å². The summed E-state index contributed by atoms with van der Waals surface area (Å²) >= 11 is 1.45. The van der Waals surface area contributed by atoms with Crippen LogP contribution in [0.15, 0.2) is 54.6 Å². The molecular formula is C31H43N5O7S. The van der Waals surface area contributed by atoms with E-state index < -0.39 is 60.3 Å². The zero-order valence-corrected chi connectivity index (χ0v) is 26.1. The molecule has 0 radical (unpaired) electrons. The van der Waals surface area contributed by atoms with E-state index in [-0.39, 0.29) is 37.4 Å². The molecule has 0 saturated heterocycles. The maximum Gasteiger partial charge on any atom is 0.326 e. The van der Waals surface area contributed by atoms with Crippen LogP contribution in [0, 0.1) is 5.92 Å². The Bertz CT molecular complexity index is 1240. The van der Waals surface area contributed by atoms with Crippen LogP contribution in [0.25, 0.3) is 0 Å². The molecule has 0 aliphatic carbocycles. The van der Waals surface area contributed by atoms with Crippen molar-refractivity contribution in [3.05, 3.63) is 65.7 Å². The topological polar surface area (TPSA) is 200 Å². The minimum absolute atomic E-state index is 0.0282. The predicted octanol–water partition coefficient (Wildman–Crippen LogP) is 0.959. The van der Waals surface area contributed by atoms with E-state index in [0.717, 1.165) is 11.1 Å². The number of thioether (sulfide) groups is 1.